The number of benzene rings is 1. The van der Waals surface area contributed by atoms with Crippen molar-refractivity contribution < 1.29 is 9.59 Å². The number of aromatic nitrogens is 2. The summed E-state index contributed by atoms with van der Waals surface area (Å²) in [5.74, 6) is 0.160. The summed E-state index contributed by atoms with van der Waals surface area (Å²) in [7, 11) is 0. The summed E-state index contributed by atoms with van der Waals surface area (Å²) in [5, 5.41) is 15.5. The summed E-state index contributed by atoms with van der Waals surface area (Å²) >= 11 is 1.66. The van der Waals surface area contributed by atoms with Gasteiger partial charge in [-0.3, -0.25) is 9.89 Å². The molecule has 1 aromatic carbocycles. The van der Waals surface area contributed by atoms with E-state index < -0.39 is 0 Å². The van der Waals surface area contributed by atoms with Crippen LogP contribution in [-0.2, 0) is 0 Å². The number of hydrogen-bond acceptors (Lipinski definition) is 4. The fourth-order valence-electron chi connectivity index (χ4n) is 2.60. The Labute approximate surface area is 160 Å². The monoisotopic (exact) mass is 381 g/mol. The molecule has 0 spiro atoms. The summed E-state index contributed by atoms with van der Waals surface area (Å²) in [6.45, 7) is 2.04. The van der Waals surface area contributed by atoms with E-state index in [1.54, 1.807) is 41.7 Å². The zero-order valence-corrected chi connectivity index (χ0v) is 15.5. The van der Waals surface area contributed by atoms with Gasteiger partial charge in [0.2, 0.25) is 0 Å². The highest BCUT2D eigenvalue weighted by Gasteiger charge is 2.23. The van der Waals surface area contributed by atoms with Crippen LogP contribution in [0, 0.1) is 6.92 Å². The lowest BCUT2D eigenvalue weighted by atomic mass is 10.2. The van der Waals surface area contributed by atoms with Gasteiger partial charge in [-0.05, 0) is 50.1 Å². The van der Waals surface area contributed by atoms with Gasteiger partial charge in [-0.1, -0.05) is 6.07 Å². The van der Waals surface area contributed by atoms with Crippen LogP contribution in [-0.4, -0.2) is 28.2 Å². The molecule has 4 rings (SSSR count). The topological polar surface area (TPSA) is 98.9 Å². The number of amides is 3. The van der Waals surface area contributed by atoms with Crippen molar-refractivity contribution in [3.8, 4) is 10.6 Å². The third-order valence-corrected chi connectivity index (χ3v) is 5.15. The Hall–Kier alpha value is -3.13. The first-order valence-electron chi connectivity index (χ1n) is 8.68. The quantitative estimate of drug-likeness (QED) is 0.538. The highest BCUT2D eigenvalue weighted by Crippen LogP contribution is 2.27. The molecule has 3 amide bonds. The second-order valence-electron chi connectivity index (χ2n) is 6.48. The van der Waals surface area contributed by atoms with Crippen LogP contribution < -0.4 is 16.0 Å². The number of aromatic amines is 1. The fraction of sp³-hybridized carbons (Fsp3) is 0.211. The highest BCUT2D eigenvalue weighted by molar-refractivity contribution is 7.15. The molecular weight excluding hydrogens is 362 g/mol. The predicted molar refractivity (Wildman–Crippen MR) is 106 cm³/mol. The van der Waals surface area contributed by atoms with Crippen molar-refractivity contribution in [1.29, 1.82) is 0 Å². The molecule has 1 saturated carbocycles. The molecule has 0 bridgehead atoms. The standard InChI is InChI=1S/C19H19N5O2S/c1-11-5-8-16(27-11)15-10-17(24-23-15)22-18(25)12-3-2-4-14(9-12)21-19(26)20-13-6-7-13/h2-5,8-10,13H,6-7H2,1H3,(H2,20,21,26)(H2,22,23,24,25). The van der Waals surface area contributed by atoms with Crippen LogP contribution >= 0.6 is 11.3 Å². The van der Waals surface area contributed by atoms with Gasteiger partial charge in [0.15, 0.2) is 5.82 Å². The van der Waals surface area contributed by atoms with E-state index in [-0.39, 0.29) is 18.0 Å². The van der Waals surface area contributed by atoms with Crippen LogP contribution in [0.5, 0.6) is 0 Å². The molecule has 0 saturated heterocycles. The zero-order valence-electron chi connectivity index (χ0n) is 14.7. The zero-order chi connectivity index (χ0) is 18.8. The molecule has 0 unspecified atom stereocenters. The van der Waals surface area contributed by atoms with Crippen LogP contribution in [0.25, 0.3) is 10.6 Å². The molecule has 0 radical (unpaired) electrons. The lowest BCUT2D eigenvalue weighted by Gasteiger charge is -2.08. The van der Waals surface area contributed by atoms with E-state index in [2.05, 4.69) is 26.1 Å². The first-order valence-corrected chi connectivity index (χ1v) is 9.49. The van der Waals surface area contributed by atoms with Gasteiger partial charge in [0.1, 0.15) is 0 Å². The summed E-state index contributed by atoms with van der Waals surface area (Å²) in [6, 6.07) is 12.7. The number of H-pyrrole nitrogens is 1. The van der Waals surface area contributed by atoms with Crippen LogP contribution in [0.3, 0.4) is 0 Å². The molecule has 2 aromatic heterocycles. The number of aryl methyl sites for hydroxylation is 1. The number of nitrogens with one attached hydrogen (secondary N) is 4. The molecule has 3 aromatic rings. The van der Waals surface area contributed by atoms with Gasteiger partial charge in [0.05, 0.1) is 10.6 Å². The number of nitrogens with zero attached hydrogens (tertiary/aromatic N) is 1. The maximum atomic E-state index is 12.5. The average Bonchev–Trinajstić information content (AvgIpc) is 3.14. The largest absolute Gasteiger partial charge is 0.335 e. The maximum Gasteiger partial charge on any atom is 0.319 e. The van der Waals surface area contributed by atoms with E-state index in [9.17, 15) is 9.59 Å². The van der Waals surface area contributed by atoms with Crippen molar-refractivity contribution in [3.63, 3.8) is 0 Å². The summed E-state index contributed by atoms with van der Waals surface area (Å²) < 4.78 is 0. The second kappa shape index (κ2) is 7.24. The van der Waals surface area contributed by atoms with Crippen LogP contribution in [0.4, 0.5) is 16.3 Å². The average molecular weight is 381 g/mol. The first-order chi connectivity index (χ1) is 13.1. The Balaban J connectivity index is 1.41. The van der Waals surface area contributed by atoms with Gasteiger partial charge in [-0.25, -0.2) is 4.79 Å². The van der Waals surface area contributed by atoms with Crippen molar-refractivity contribution in [2.24, 2.45) is 0 Å². The number of carbonyl (C=O) groups is 2. The molecule has 0 atom stereocenters. The van der Waals surface area contributed by atoms with Crippen LogP contribution in [0.1, 0.15) is 28.1 Å². The molecule has 8 heteroatoms. The number of rotatable bonds is 5. The lowest BCUT2D eigenvalue weighted by Crippen LogP contribution is -2.30. The molecule has 0 aliphatic heterocycles. The van der Waals surface area contributed by atoms with Crippen molar-refractivity contribution in [1.82, 2.24) is 15.5 Å². The van der Waals surface area contributed by atoms with E-state index in [1.807, 2.05) is 19.1 Å². The van der Waals surface area contributed by atoms with E-state index >= 15 is 0 Å². The molecular formula is C19H19N5O2S. The number of thiophene rings is 1. The number of anilines is 2. The van der Waals surface area contributed by atoms with Gasteiger partial charge < -0.3 is 16.0 Å². The minimum Gasteiger partial charge on any atom is -0.335 e. The Morgan fingerprint density at radius 2 is 2.00 bits per heavy atom. The minimum atomic E-state index is -0.290. The Morgan fingerprint density at radius 3 is 2.74 bits per heavy atom. The van der Waals surface area contributed by atoms with E-state index in [0.29, 0.717) is 17.1 Å². The normalized spacial score (nSPS) is 13.2. The van der Waals surface area contributed by atoms with Crippen molar-refractivity contribution in [2.75, 3.05) is 10.6 Å². The summed E-state index contributed by atoms with van der Waals surface area (Å²) in [4.78, 5) is 26.6. The molecule has 138 valence electrons. The van der Waals surface area contributed by atoms with Crippen molar-refractivity contribution in [2.45, 2.75) is 25.8 Å². The van der Waals surface area contributed by atoms with Crippen molar-refractivity contribution in [3.05, 3.63) is 52.9 Å². The third-order valence-electron chi connectivity index (χ3n) is 4.12. The molecule has 1 fully saturated rings. The SMILES string of the molecule is Cc1ccc(-c2cc(NC(=O)c3cccc(NC(=O)NC4CC4)c3)n[nH]2)s1. The van der Waals surface area contributed by atoms with Crippen LogP contribution in [0.2, 0.25) is 0 Å². The van der Waals surface area contributed by atoms with E-state index in [4.69, 9.17) is 0 Å². The number of carbonyl (C=O) groups excluding carboxylic acids is 2. The summed E-state index contributed by atoms with van der Waals surface area (Å²) in [6.07, 6.45) is 2.04. The Bertz CT molecular complexity index is 989. The smallest absolute Gasteiger partial charge is 0.319 e. The van der Waals surface area contributed by atoms with Crippen LogP contribution in [0.15, 0.2) is 42.5 Å². The predicted octanol–water partition coefficient (Wildman–Crippen LogP) is 3.98. The fourth-order valence-corrected chi connectivity index (χ4v) is 3.43. The Morgan fingerprint density at radius 1 is 1.15 bits per heavy atom. The number of hydrogen-bond donors (Lipinski definition) is 4. The second-order valence-corrected chi connectivity index (χ2v) is 7.77. The van der Waals surface area contributed by atoms with Gasteiger partial charge in [0.25, 0.3) is 5.91 Å². The third kappa shape index (κ3) is 4.35. The van der Waals surface area contributed by atoms with Crippen molar-refractivity contribution >= 4 is 34.8 Å². The Kier molecular flexibility index (Phi) is 4.64. The summed E-state index contributed by atoms with van der Waals surface area (Å²) in [5.41, 5.74) is 1.86. The van der Waals surface area contributed by atoms with Gasteiger partial charge in [-0.2, -0.15) is 5.10 Å². The van der Waals surface area contributed by atoms with Gasteiger partial charge in [0, 0.05) is 28.2 Å². The first kappa shape index (κ1) is 17.3. The minimum absolute atomic E-state index is 0.252. The van der Waals surface area contributed by atoms with Gasteiger partial charge in [-0.15, -0.1) is 11.3 Å². The number of urea groups is 1. The van der Waals surface area contributed by atoms with E-state index in [1.165, 1.54) is 4.88 Å². The molecule has 27 heavy (non-hydrogen) atoms. The van der Waals surface area contributed by atoms with Gasteiger partial charge >= 0.3 is 6.03 Å². The van der Waals surface area contributed by atoms with E-state index in [0.717, 1.165) is 23.4 Å². The molecule has 1 aliphatic rings. The molecule has 7 nitrogen and oxygen atoms in total. The molecule has 1 aliphatic carbocycles. The lowest BCUT2D eigenvalue weighted by molar-refractivity contribution is 0.102. The highest BCUT2D eigenvalue weighted by atomic mass is 32.1. The molecule has 4 N–H and O–H groups in total. The maximum absolute atomic E-state index is 12.5. The molecule has 2 heterocycles.